The molecular formula is C46H46ClN5O9S. The molecule has 3 aliphatic heterocycles. The number of benzene rings is 3. The summed E-state index contributed by atoms with van der Waals surface area (Å²) in [5, 5.41) is 13.6. The first-order valence-corrected chi connectivity index (χ1v) is 22.6. The Bertz CT molecular complexity index is 2690. The quantitative estimate of drug-likeness (QED) is 0.0863. The number of nitro benzene ring substituents is 1. The summed E-state index contributed by atoms with van der Waals surface area (Å²) in [6.07, 6.45) is 9.87. The molecule has 4 aliphatic rings. The summed E-state index contributed by atoms with van der Waals surface area (Å²) in [5.74, 6) is -0.488. The fraction of sp³-hybridized carbons (Fsp3) is 0.348. The van der Waals surface area contributed by atoms with Crippen LogP contribution in [-0.2, 0) is 30.7 Å². The number of allylic oxidation sites excluding steroid dienone is 1. The third-order valence-electron chi connectivity index (χ3n) is 12.3. The second kappa shape index (κ2) is 17.8. The molecule has 0 unspecified atom stereocenters. The number of aromatic amines is 1. The number of nitrogens with zero attached hydrogens (tertiary/aromatic N) is 3. The molecule has 3 aromatic carbocycles. The molecule has 2 fully saturated rings. The molecule has 14 nitrogen and oxygen atoms in total. The molecule has 1 spiro atoms. The molecule has 62 heavy (non-hydrogen) atoms. The van der Waals surface area contributed by atoms with Crippen LogP contribution >= 0.6 is 11.6 Å². The molecule has 16 heteroatoms. The summed E-state index contributed by atoms with van der Waals surface area (Å²) in [6, 6.07) is 20.5. The fourth-order valence-electron chi connectivity index (χ4n) is 8.76. The highest BCUT2D eigenvalue weighted by Gasteiger charge is 2.42. The van der Waals surface area contributed by atoms with Crippen molar-refractivity contribution in [3.8, 4) is 11.5 Å². The minimum atomic E-state index is -4.56. The third kappa shape index (κ3) is 9.19. The topological polar surface area (TPSA) is 175 Å². The molecule has 2 saturated heterocycles. The third-order valence-corrected chi connectivity index (χ3v) is 13.8. The number of pyridine rings is 1. The molecule has 9 rings (SSSR count). The van der Waals surface area contributed by atoms with Crippen molar-refractivity contribution in [2.24, 2.45) is 5.41 Å². The first-order chi connectivity index (χ1) is 30.0. The smallest absolute Gasteiger partial charge is 0.273 e. The Kier molecular flexibility index (Phi) is 12.0. The predicted molar refractivity (Wildman–Crippen MR) is 234 cm³/mol. The molecule has 2 aromatic heterocycles. The van der Waals surface area contributed by atoms with E-state index in [4.69, 9.17) is 30.5 Å². The zero-order chi connectivity index (χ0) is 42.8. The lowest BCUT2D eigenvalue weighted by molar-refractivity contribution is -0.385. The van der Waals surface area contributed by atoms with E-state index in [1.54, 1.807) is 30.5 Å². The number of nitro groups is 1. The number of rotatable bonds is 13. The van der Waals surface area contributed by atoms with Crippen LogP contribution in [0.5, 0.6) is 11.5 Å². The number of nitrogens with one attached hydrogen (secondary N) is 2. The molecule has 1 aliphatic carbocycles. The van der Waals surface area contributed by atoms with E-state index in [2.05, 4.69) is 37.8 Å². The van der Waals surface area contributed by atoms with Crippen LogP contribution in [-0.4, -0.2) is 92.9 Å². The highest BCUT2D eigenvalue weighted by molar-refractivity contribution is 7.90. The van der Waals surface area contributed by atoms with Gasteiger partial charge >= 0.3 is 0 Å². The van der Waals surface area contributed by atoms with E-state index in [0.29, 0.717) is 43.2 Å². The standard InChI is InChI=1S/C46H46ClN5O9S/c47-36-6-1-31(2-7-36)41-24-46(28-59-29-46)15-11-35(41)26-51-17-13-30(14-18-51)33-5-10-40(43(22-33)61-38-21-34-12-16-48-44(34)49-25-38)45(53)50-62(56,57)39-9-4-32(42(23-39)52(54)55)3-8-37-27-58-19-20-60-37/h1-2,4-7,9-10,12-13,16,21-23,25,37H,3,8,11,14-15,17-20,24,26-29H2,(H,48,49)(H,50,53)/t37-/m1/s1. The van der Waals surface area contributed by atoms with Gasteiger partial charge in [0.05, 0.1) is 60.7 Å². The Balaban J connectivity index is 0.949. The molecule has 2 N–H and O–H groups in total. The van der Waals surface area contributed by atoms with Gasteiger partial charge in [-0.1, -0.05) is 47.5 Å². The average molecular weight is 880 g/mol. The van der Waals surface area contributed by atoms with Gasteiger partial charge in [-0.05, 0) is 103 Å². The number of carbonyl (C=O) groups is 1. The van der Waals surface area contributed by atoms with Gasteiger partial charge in [0.25, 0.3) is 21.6 Å². The maximum atomic E-state index is 13.9. The van der Waals surface area contributed by atoms with Gasteiger partial charge in [-0.15, -0.1) is 0 Å². The minimum absolute atomic E-state index is 0.0426. The summed E-state index contributed by atoms with van der Waals surface area (Å²) >= 11 is 6.25. The fourth-order valence-corrected chi connectivity index (χ4v) is 9.87. The van der Waals surface area contributed by atoms with Crippen LogP contribution in [0.4, 0.5) is 5.69 Å². The first kappa shape index (κ1) is 41.9. The van der Waals surface area contributed by atoms with Crippen molar-refractivity contribution in [3.05, 3.63) is 134 Å². The van der Waals surface area contributed by atoms with Crippen molar-refractivity contribution >= 4 is 55.4 Å². The number of ether oxygens (including phenoxy) is 4. The first-order valence-electron chi connectivity index (χ1n) is 20.8. The van der Waals surface area contributed by atoms with Crippen LogP contribution in [0.3, 0.4) is 0 Å². The lowest BCUT2D eigenvalue weighted by atomic mass is 9.68. The number of aryl methyl sites for hydroxylation is 1. The molecule has 322 valence electrons. The number of halogens is 1. The van der Waals surface area contributed by atoms with Crippen molar-refractivity contribution in [1.82, 2.24) is 19.6 Å². The number of hydrogen-bond donors (Lipinski definition) is 2. The van der Waals surface area contributed by atoms with Crippen LogP contribution in [0, 0.1) is 15.5 Å². The predicted octanol–water partition coefficient (Wildman–Crippen LogP) is 8.13. The van der Waals surface area contributed by atoms with Gasteiger partial charge in [0.1, 0.15) is 17.1 Å². The highest BCUT2D eigenvalue weighted by Crippen LogP contribution is 2.48. The average Bonchev–Trinajstić information content (AvgIpc) is 3.74. The van der Waals surface area contributed by atoms with Crippen LogP contribution in [0.25, 0.3) is 22.2 Å². The van der Waals surface area contributed by atoms with E-state index in [1.807, 2.05) is 18.2 Å². The number of carbonyl (C=O) groups excluding carboxylic acids is 1. The number of amides is 1. The summed E-state index contributed by atoms with van der Waals surface area (Å²) in [4.78, 5) is 34.9. The maximum absolute atomic E-state index is 13.9. The van der Waals surface area contributed by atoms with Crippen molar-refractivity contribution in [1.29, 1.82) is 0 Å². The van der Waals surface area contributed by atoms with E-state index in [9.17, 15) is 23.3 Å². The lowest BCUT2D eigenvalue weighted by Crippen LogP contribution is -2.45. The second-order valence-corrected chi connectivity index (χ2v) is 18.6. The van der Waals surface area contributed by atoms with Gasteiger partial charge in [-0.3, -0.25) is 19.8 Å². The molecule has 1 amide bonds. The number of fused-ring (bicyclic) bond motifs is 1. The van der Waals surface area contributed by atoms with E-state index < -0.39 is 25.7 Å². The summed E-state index contributed by atoms with van der Waals surface area (Å²) < 4.78 is 52.5. The molecular weight excluding hydrogens is 834 g/mol. The normalized spacial score (nSPS) is 19.2. The van der Waals surface area contributed by atoms with Gasteiger partial charge in [-0.2, -0.15) is 0 Å². The lowest BCUT2D eigenvalue weighted by Gasteiger charge is -2.46. The maximum Gasteiger partial charge on any atom is 0.273 e. The van der Waals surface area contributed by atoms with E-state index in [0.717, 1.165) is 86.1 Å². The van der Waals surface area contributed by atoms with Gasteiger partial charge in [0.2, 0.25) is 0 Å². The number of aromatic nitrogens is 2. The molecule has 0 bridgehead atoms. The largest absolute Gasteiger partial charge is 0.455 e. The van der Waals surface area contributed by atoms with Gasteiger partial charge in [-0.25, -0.2) is 18.1 Å². The Hall–Kier alpha value is -5.42. The summed E-state index contributed by atoms with van der Waals surface area (Å²) in [6.45, 7) is 5.32. The molecule has 0 saturated carbocycles. The molecule has 0 radical (unpaired) electrons. The van der Waals surface area contributed by atoms with Crippen molar-refractivity contribution < 1.29 is 37.1 Å². The van der Waals surface area contributed by atoms with Crippen molar-refractivity contribution in [2.45, 2.75) is 49.5 Å². The Morgan fingerprint density at radius 2 is 1.87 bits per heavy atom. The Morgan fingerprint density at radius 3 is 2.61 bits per heavy atom. The Morgan fingerprint density at radius 1 is 1.03 bits per heavy atom. The van der Waals surface area contributed by atoms with Crippen molar-refractivity contribution in [2.75, 3.05) is 52.7 Å². The molecule has 5 aromatic rings. The monoisotopic (exact) mass is 879 g/mol. The summed E-state index contributed by atoms with van der Waals surface area (Å²) in [7, 11) is -4.56. The number of H-pyrrole nitrogens is 1. The van der Waals surface area contributed by atoms with Crippen molar-refractivity contribution in [3.63, 3.8) is 0 Å². The van der Waals surface area contributed by atoms with Crippen LogP contribution < -0.4 is 9.46 Å². The summed E-state index contributed by atoms with van der Waals surface area (Å²) in [5.41, 5.74) is 6.76. The zero-order valence-electron chi connectivity index (χ0n) is 33.9. The molecule has 1 atom stereocenters. The number of sulfonamides is 1. The SMILES string of the molecule is O=C(NS(=O)(=O)c1ccc(CC[C@@H]2COCCO2)c([N+](=O)[O-])c1)c1ccc(C2=CCN(CC3=C(c4ccc(Cl)cc4)CC4(CC3)COC4)CC2)cc1Oc1cnc2[nH]ccc2c1. The number of hydrogen-bond acceptors (Lipinski definition) is 11. The van der Waals surface area contributed by atoms with Crippen LogP contribution in [0.1, 0.15) is 59.2 Å². The molecule has 5 heterocycles. The van der Waals surface area contributed by atoms with E-state index in [-0.39, 0.29) is 34.9 Å². The van der Waals surface area contributed by atoms with Gasteiger partial charge in [0.15, 0.2) is 0 Å². The minimum Gasteiger partial charge on any atom is -0.455 e. The van der Waals surface area contributed by atoms with E-state index in [1.165, 1.54) is 35.0 Å². The van der Waals surface area contributed by atoms with Crippen LogP contribution in [0.2, 0.25) is 5.02 Å². The van der Waals surface area contributed by atoms with Gasteiger partial charge in [0, 0.05) is 53.3 Å². The van der Waals surface area contributed by atoms with Gasteiger partial charge < -0.3 is 23.9 Å². The second-order valence-electron chi connectivity index (χ2n) is 16.5. The van der Waals surface area contributed by atoms with Crippen LogP contribution in [0.15, 0.2) is 102 Å². The highest BCUT2D eigenvalue weighted by atomic mass is 35.5. The zero-order valence-corrected chi connectivity index (χ0v) is 35.5. The van der Waals surface area contributed by atoms with E-state index >= 15 is 0 Å². The Labute approximate surface area is 364 Å².